The summed E-state index contributed by atoms with van der Waals surface area (Å²) < 4.78 is 0. The third-order valence-corrected chi connectivity index (χ3v) is 4.48. The van der Waals surface area contributed by atoms with Crippen molar-refractivity contribution in [3.8, 4) is 11.1 Å². The normalized spacial score (nSPS) is 12.6. The molecule has 0 unspecified atom stereocenters. The monoisotopic (exact) mass is 268 g/mol. The summed E-state index contributed by atoms with van der Waals surface area (Å²) in [5.74, 6) is 0. The van der Waals surface area contributed by atoms with Crippen molar-refractivity contribution in [3.63, 3.8) is 0 Å². The van der Waals surface area contributed by atoms with Crippen molar-refractivity contribution >= 4 is 21.7 Å². The molecule has 1 aliphatic carbocycles. The summed E-state index contributed by atoms with van der Waals surface area (Å²) in [4.78, 5) is 0. The van der Waals surface area contributed by atoms with Crippen LogP contribution in [0.25, 0.3) is 32.8 Å². The maximum atomic E-state index is 4.21. The molecule has 0 saturated carbocycles. The molecular formula is C19H12N2. The first-order chi connectivity index (χ1) is 10.4. The number of fused-ring (bicyclic) bond motifs is 7. The van der Waals surface area contributed by atoms with Crippen LogP contribution < -0.4 is 0 Å². The van der Waals surface area contributed by atoms with E-state index in [1.165, 1.54) is 38.4 Å². The third-order valence-electron chi connectivity index (χ3n) is 4.48. The second-order valence-electron chi connectivity index (χ2n) is 5.55. The standard InChI is InChI=1S/C19H12N2/c1-2-4-13-12(3-1)11-18-14(13)5-6-15-16(18)7-8-19-17(15)9-10-20-21-19/h1-10H,11H2. The van der Waals surface area contributed by atoms with Crippen molar-refractivity contribution in [3.05, 3.63) is 71.9 Å². The predicted octanol–water partition coefficient (Wildman–Crippen LogP) is 4.35. The molecule has 0 atom stereocenters. The maximum absolute atomic E-state index is 4.21. The molecule has 1 heterocycles. The van der Waals surface area contributed by atoms with Crippen LogP contribution in [-0.4, -0.2) is 10.2 Å². The Labute approximate surface area is 122 Å². The Morgan fingerprint density at radius 1 is 0.714 bits per heavy atom. The van der Waals surface area contributed by atoms with Gasteiger partial charge in [-0.25, -0.2) is 0 Å². The van der Waals surface area contributed by atoms with E-state index in [0.29, 0.717) is 0 Å². The van der Waals surface area contributed by atoms with Crippen LogP contribution in [0.2, 0.25) is 0 Å². The van der Waals surface area contributed by atoms with Gasteiger partial charge < -0.3 is 0 Å². The molecule has 3 aromatic carbocycles. The highest BCUT2D eigenvalue weighted by Crippen LogP contribution is 2.41. The topological polar surface area (TPSA) is 25.8 Å². The summed E-state index contributed by atoms with van der Waals surface area (Å²) in [6.45, 7) is 0. The lowest BCUT2D eigenvalue weighted by atomic mass is 9.97. The Kier molecular flexibility index (Phi) is 2.03. The van der Waals surface area contributed by atoms with Crippen LogP contribution in [0.5, 0.6) is 0 Å². The van der Waals surface area contributed by atoms with Gasteiger partial charge in [0.15, 0.2) is 0 Å². The Bertz CT molecular complexity index is 1020. The number of aromatic nitrogens is 2. The molecular weight excluding hydrogens is 256 g/mol. The molecule has 1 aliphatic rings. The first-order valence-electron chi connectivity index (χ1n) is 7.16. The first kappa shape index (κ1) is 11.0. The molecule has 0 aliphatic heterocycles. The van der Waals surface area contributed by atoms with E-state index in [1.54, 1.807) is 6.20 Å². The van der Waals surface area contributed by atoms with Gasteiger partial charge in [-0.1, -0.05) is 42.5 Å². The highest BCUT2D eigenvalue weighted by Gasteiger charge is 2.20. The third kappa shape index (κ3) is 1.42. The van der Waals surface area contributed by atoms with E-state index in [2.05, 4.69) is 64.8 Å². The lowest BCUT2D eigenvalue weighted by molar-refractivity contribution is 1.08. The minimum absolute atomic E-state index is 0.959. The summed E-state index contributed by atoms with van der Waals surface area (Å²) in [5.41, 5.74) is 6.57. The fourth-order valence-corrected chi connectivity index (χ4v) is 3.52. The number of benzene rings is 3. The molecule has 0 fully saturated rings. The number of nitrogens with zero attached hydrogens (tertiary/aromatic N) is 2. The quantitative estimate of drug-likeness (QED) is 0.390. The Balaban J connectivity index is 1.91. The van der Waals surface area contributed by atoms with E-state index in [9.17, 15) is 0 Å². The molecule has 2 nitrogen and oxygen atoms in total. The van der Waals surface area contributed by atoms with Crippen LogP contribution in [0.1, 0.15) is 11.1 Å². The smallest absolute Gasteiger partial charge is 0.0936 e. The van der Waals surface area contributed by atoms with Gasteiger partial charge in [-0.3, -0.25) is 0 Å². The van der Waals surface area contributed by atoms with Gasteiger partial charge in [0.25, 0.3) is 0 Å². The number of hydrogen-bond donors (Lipinski definition) is 0. The lowest BCUT2D eigenvalue weighted by Crippen LogP contribution is -1.88. The SMILES string of the molecule is c1ccc2c(c1)Cc1c-2ccc2c1ccc1nnccc12. The Morgan fingerprint density at radius 3 is 2.62 bits per heavy atom. The van der Waals surface area contributed by atoms with E-state index in [-0.39, 0.29) is 0 Å². The van der Waals surface area contributed by atoms with Gasteiger partial charge in [0.2, 0.25) is 0 Å². The molecule has 0 bridgehead atoms. The van der Waals surface area contributed by atoms with Crippen molar-refractivity contribution in [2.45, 2.75) is 6.42 Å². The van der Waals surface area contributed by atoms with Gasteiger partial charge in [-0.15, -0.1) is 0 Å². The molecule has 0 spiro atoms. The zero-order valence-electron chi connectivity index (χ0n) is 11.4. The minimum Gasteiger partial charge on any atom is -0.159 e. The largest absolute Gasteiger partial charge is 0.159 e. The molecule has 1 aromatic heterocycles. The van der Waals surface area contributed by atoms with Gasteiger partial charge in [-0.05, 0) is 51.6 Å². The zero-order chi connectivity index (χ0) is 13.8. The first-order valence-corrected chi connectivity index (χ1v) is 7.16. The highest BCUT2D eigenvalue weighted by molar-refractivity contribution is 6.09. The van der Waals surface area contributed by atoms with Crippen LogP contribution in [-0.2, 0) is 6.42 Å². The minimum atomic E-state index is 0.959. The van der Waals surface area contributed by atoms with Crippen molar-refractivity contribution in [2.75, 3.05) is 0 Å². The molecule has 21 heavy (non-hydrogen) atoms. The predicted molar refractivity (Wildman–Crippen MR) is 85.3 cm³/mol. The van der Waals surface area contributed by atoms with E-state index < -0.39 is 0 Å². The van der Waals surface area contributed by atoms with Crippen molar-refractivity contribution in [1.29, 1.82) is 0 Å². The van der Waals surface area contributed by atoms with E-state index in [0.717, 1.165) is 11.9 Å². The summed E-state index contributed by atoms with van der Waals surface area (Å²) >= 11 is 0. The lowest BCUT2D eigenvalue weighted by Gasteiger charge is -2.08. The van der Waals surface area contributed by atoms with E-state index in [1.807, 2.05) is 0 Å². The number of rotatable bonds is 0. The Morgan fingerprint density at radius 2 is 1.62 bits per heavy atom. The summed E-state index contributed by atoms with van der Waals surface area (Å²) in [6, 6.07) is 19.5. The zero-order valence-corrected chi connectivity index (χ0v) is 11.4. The van der Waals surface area contributed by atoms with Crippen molar-refractivity contribution in [2.24, 2.45) is 0 Å². The van der Waals surface area contributed by atoms with Crippen LogP contribution in [0, 0.1) is 0 Å². The molecule has 0 N–H and O–H groups in total. The van der Waals surface area contributed by atoms with E-state index in [4.69, 9.17) is 0 Å². The molecule has 0 amide bonds. The van der Waals surface area contributed by atoms with Gasteiger partial charge in [0.1, 0.15) is 0 Å². The molecule has 2 heteroatoms. The second kappa shape index (κ2) is 3.89. The van der Waals surface area contributed by atoms with Crippen LogP contribution in [0.15, 0.2) is 60.8 Å². The average molecular weight is 268 g/mol. The number of hydrogen-bond acceptors (Lipinski definition) is 2. The maximum Gasteiger partial charge on any atom is 0.0936 e. The molecule has 4 aromatic rings. The van der Waals surface area contributed by atoms with Crippen molar-refractivity contribution in [1.82, 2.24) is 10.2 Å². The highest BCUT2D eigenvalue weighted by atomic mass is 15.1. The van der Waals surface area contributed by atoms with Gasteiger partial charge >= 0.3 is 0 Å². The summed E-state index contributed by atoms with van der Waals surface area (Å²) in [7, 11) is 0. The van der Waals surface area contributed by atoms with Crippen LogP contribution in [0.3, 0.4) is 0 Å². The second-order valence-corrected chi connectivity index (χ2v) is 5.55. The average Bonchev–Trinajstić information content (AvgIpc) is 2.93. The van der Waals surface area contributed by atoms with Crippen LogP contribution >= 0.6 is 0 Å². The van der Waals surface area contributed by atoms with Gasteiger partial charge in [0.05, 0.1) is 11.7 Å². The fraction of sp³-hybridized carbons (Fsp3) is 0.0526. The summed E-state index contributed by atoms with van der Waals surface area (Å²) in [6.07, 6.45) is 2.79. The molecule has 5 rings (SSSR count). The Hall–Kier alpha value is -2.74. The van der Waals surface area contributed by atoms with Gasteiger partial charge in [-0.2, -0.15) is 10.2 Å². The van der Waals surface area contributed by atoms with Gasteiger partial charge in [0, 0.05) is 5.39 Å². The molecule has 0 radical (unpaired) electrons. The van der Waals surface area contributed by atoms with Crippen LogP contribution in [0.4, 0.5) is 0 Å². The summed E-state index contributed by atoms with van der Waals surface area (Å²) in [5, 5.41) is 12.0. The van der Waals surface area contributed by atoms with E-state index >= 15 is 0 Å². The molecule has 0 saturated heterocycles. The molecule has 98 valence electrons. The van der Waals surface area contributed by atoms with Crippen molar-refractivity contribution < 1.29 is 0 Å². The fourth-order valence-electron chi connectivity index (χ4n) is 3.52.